The minimum absolute atomic E-state index is 0.194. The van der Waals surface area contributed by atoms with Crippen molar-refractivity contribution in [3.63, 3.8) is 0 Å². The number of benzene rings is 2. The largest absolute Gasteiger partial charge is 0.383 e. The van der Waals surface area contributed by atoms with Crippen LogP contribution in [0.1, 0.15) is 25.0 Å². The van der Waals surface area contributed by atoms with E-state index < -0.39 is 0 Å². The van der Waals surface area contributed by atoms with Crippen molar-refractivity contribution >= 4 is 0 Å². The predicted molar refractivity (Wildman–Crippen MR) is 101 cm³/mol. The van der Waals surface area contributed by atoms with Crippen molar-refractivity contribution in [3.8, 4) is 0 Å². The Labute approximate surface area is 146 Å². The number of nitrogens with two attached hydrogens (primary N) is 1. The number of methoxy groups -OCH3 is 1. The molecule has 0 radical (unpaired) electrons. The molecule has 0 aliphatic heterocycles. The van der Waals surface area contributed by atoms with Crippen molar-refractivity contribution in [2.75, 3.05) is 20.3 Å². The van der Waals surface area contributed by atoms with Crippen molar-refractivity contribution < 1.29 is 4.74 Å². The summed E-state index contributed by atoms with van der Waals surface area (Å²) in [4.78, 5) is 2.48. The van der Waals surface area contributed by atoms with E-state index in [2.05, 4.69) is 79.4 Å². The lowest BCUT2D eigenvalue weighted by atomic mass is 9.84. The molecule has 24 heavy (non-hydrogen) atoms. The second kappa shape index (κ2) is 8.97. The lowest BCUT2D eigenvalue weighted by molar-refractivity contribution is -0.0268. The molecule has 0 aromatic heterocycles. The van der Waals surface area contributed by atoms with Gasteiger partial charge in [-0.15, -0.1) is 0 Å². The minimum atomic E-state index is -0.194. The van der Waals surface area contributed by atoms with Crippen molar-refractivity contribution in [2.45, 2.75) is 32.5 Å². The monoisotopic (exact) mass is 326 g/mol. The van der Waals surface area contributed by atoms with Gasteiger partial charge in [0, 0.05) is 26.7 Å². The molecule has 0 amide bonds. The fourth-order valence-corrected chi connectivity index (χ4v) is 3.28. The Hall–Kier alpha value is -1.68. The van der Waals surface area contributed by atoms with Crippen LogP contribution in [-0.4, -0.2) is 30.7 Å². The molecule has 2 rings (SSSR count). The van der Waals surface area contributed by atoms with Gasteiger partial charge in [0.15, 0.2) is 0 Å². The summed E-state index contributed by atoms with van der Waals surface area (Å²) in [5.41, 5.74) is 8.68. The van der Waals surface area contributed by atoms with Crippen LogP contribution in [0.4, 0.5) is 0 Å². The van der Waals surface area contributed by atoms with Gasteiger partial charge < -0.3 is 10.5 Å². The second-order valence-corrected chi connectivity index (χ2v) is 6.72. The lowest BCUT2D eigenvalue weighted by Gasteiger charge is -2.46. The Morgan fingerprint density at radius 1 is 0.917 bits per heavy atom. The van der Waals surface area contributed by atoms with Gasteiger partial charge in [0.25, 0.3) is 0 Å². The molecule has 0 aliphatic carbocycles. The van der Waals surface area contributed by atoms with Gasteiger partial charge in [0.2, 0.25) is 0 Å². The molecule has 0 bridgehead atoms. The molecular weight excluding hydrogens is 296 g/mol. The van der Waals surface area contributed by atoms with Crippen LogP contribution in [0, 0.1) is 5.92 Å². The van der Waals surface area contributed by atoms with Gasteiger partial charge in [-0.3, -0.25) is 4.90 Å². The van der Waals surface area contributed by atoms with E-state index in [9.17, 15) is 0 Å². The average molecular weight is 326 g/mol. The molecule has 130 valence electrons. The standard InChI is InChI=1S/C21H30N2O/c1-18(2)21(16-22,17-24-3)23(14-19-10-6-4-7-11-19)15-20-12-8-5-9-13-20/h4-13,18H,14-17,22H2,1-3H3. The SMILES string of the molecule is COCC(CN)(C(C)C)N(Cc1ccccc1)Cc1ccccc1. The van der Waals surface area contributed by atoms with Gasteiger partial charge in [-0.2, -0.15) is 0 Å². The minimum Gasteiger partial charge on any atom is -0.383 e. The molecular formula is C21H30N2O. The molecule has 0 saturated carbocycles. The zero-order valence-electron chi connectivity index (χ0n) is 15.1. The lowest BCUT2D eigenvalue weighted by Crippen LogP contribution is -2.59. The average Bonchev–Trinajstić information content (AvgIpc) is 2.61. The molecule has 2 aromatic rings. The third-order valence-electron chi connectivity index (χ3n) is 4.88. The third-order valence-corrected chi connectivity index (χ3v) is 4.88. The van der Waals surface area contributed by atoms with E-state index in [1.165, 1.54) is 11.1 Å². The highest BCUT2D eigenvalue weighted by Gasteiger charge is 2.38. The maximum absolute atomic E-state index is 6.28. The summed E-state index contributed by atoms with van der Waals surface area (Å²) in [6.07, 6.45) is 0. The van der Waals surface area contributed by atoms with Gasteiger partial charge in [0.05, 0.1) is 12.1 Å². The normalized spacial score (nSPS) is 14.1. The van der Waals surface area contributed by atoms with Crippen molar-refractivity contribution in [3.05, 3.63) is 71.8 Å². The molecule has 2 N–H and O–H groups in total. The first-order valence-electron chi connectivity index (χ1n) is 8.64. The van der Waals surface area contributed by atoms with Crippen LogP contribution in [0.2, 0.25) is 0 Å². The molecule has 3 nitrogen and oxygen atoms in total. The summed E-state index contributed by atoms with van der Waals surface area (Å²) in [6.45, 7) is 7.37. The van der Waals surface area contributed by atoms with E-state index in [0.29, 0.717) is 19.1 Å². The maximum atomic E-state index is 6.28. The molecule has 0 spiro atoms. The molecule has 1 unspecified atom stereocenters. The van der Waals surface area contributed by atoms with Crippen molar-refractivity contribution in [2.24, 2.45) is 11.7 Å². The molecule has 2 aromatic carbocycles. The smallest absolute Gasteiger partial charge is 0.0661 e. The summed E-state index contributed by atoms with van der Waals surface area (Å²) in [5, 5.41) is 0. The van der Waals surface area contributed by atoms with Crippen LogP contribution in [0.5, 0.6) is 0 Å². The first kappa shape index (κ1) is 18.7. The quantitative estimate of drug-likeness (QED) is 0.764. The number of hydrogen-bond acceptors (Lipinski definition) is 3. The fraction of sp³-hybridized carbons (Fsp3) is 0.429. The Bertz CT molecular complexity index is 544. The number of nitrogens with zero attached hydrogens (tertiary/aromatic N) is 1. The van der Waals surface area contributed by atoms with E-state index in [0.717, 1.165) is 13.1 Å². The van der Waals surface area contributed by atoms with E-state index >= 15 is 0 Å². The highest BCUT2D eigenvalue weighted by molar-refractivity contribution is 5.18. The van der Waals surface area contributed by atoms with Gasteiger partial charge in [-0.25, -0.2) is 0 Å². The third kappa shape index (κ3) is 4.44. The van der Waals surface area contributed by atoms with Crippen molar-refractivity contribution in [1.82, 2.24) is 4.90 Å². The second-order valence-electron chi connectivity index (χ2n) is 6.72. The van der Waals surface area contributed by atoms with E-state index in [-0.39, 0.29) is 5.54 Å². The number of rotatable bonds is 9. The molecule has 0 saturated heterocycles. The van der Waals surface area contributed by atoms with Crippen LogP contribution < -0.4 is 5.73 Å². The highest BCUT2D eigenvalue weighted by atomic mass is 16.5. The zero-order chi connectivity index (χ0) is 17.4. The summed E-state index contributed by atoms with van der Waals surface area (Å²) in [7, 11) is 1.76. The first-order chi connectivity index (χ1) is 11.6. The Kier molecular flexibility index (Phi) is 6.98. The fourth-order valence-electron chi connectivity index (χ4n) is 3.28. The van der Waals surface area contributed by atoms with Gasteiger partial charge >= 0.3 is 0 Å². The number of hydrogen-bond donors (Lipinski definition) is 1. The topological polar surface area (TPSA) is 38.5 Å². The summed E-state index contributed by atoms with van der Waals surface area (Å²) in [6, 6.07) is 21.2. The molecule has 3 heteroatoms. The Balaban J connectivity index is 2.35. The summed E-state index contributed by atoms with van der Waals surface area (Å²) >= 11 is 0. The number of ether oxygens (including phenoxy) is 1. The maximum Gasteiger partial charge on any atom is 0.0661 e. The van der Waals surface area contributed by atoms with Crippen LogP contribution in [0.25, 0.3) is 0 Å². The molecule has 0 heterocycles. The molecule has 1 atom stereocenters. The van der Waals surface area contributed by atoms with Crippen LogP contribution in [0.15, 0.2) is 60.7 Å². The Morgan fingerprint density at radius 3 is 1.71 bits per heavy atom. The summed E-state index contributed by atoms with van der Waals surface area (Å²) in [5.74, 6) is 0.384. The van der Waals surface area contributed by atoms with E-state index in [1.54, 1.807) is 7.11 Å². The molecule has 0 fully saturated rings. The zero-order valence-corrected chi connectivity index (χ0v) is 15.1. The predicted octanol–water partition coefficient (Wildman–Crippen LogP) is 3.69. The highest BCUT2D eigenvalue weighted by Crippen LogP contribution is 2.28. The van der Waals surface area contributed by atoms with Crippen LogP contribution in [0.3, 0.4) is 0 Å². The summed E-state index contributed by atoms with van der Waals surface area (Å²) < 4.78 is 5.59. The van der Waals surface area contributed by atoms with E-state index in [4.69, 9.17) is 10.5 Å². The van der Waals surface area contributed by atoms with Gasteiger partial charge in [-0.05, 0) is 17.0 Å². The first-order valence-corrected chi connectivity index (χ1v) is 8.64. The van der Waals surface area contributed by atoms with Crippen LogP contribution >= 0.6 is 0 Å². The van der Waals surface area contributed by atoms with E-state index in [1.807, 2.05) is 0 Å². The Morgan fingerprint density at radius 2 is 1.38 bits per heavy atom. The van der Waals surface area contributed by atoms with Gasteiger partial charge in [-0.1, -0.05) is 74.5 Å². The van der Waals surface area contributed by atoms with Crippen LogP contribution in [-0.2, 0) is 17.8 Å². The molecule has 0 aliphatic rings. The van der Waals surface area contributed by atoms with Crippen molar-refractivity contribution in [1.29, 1.82) is 0 Å². The van der Waals surface area contributed by atoms with Gasteiger partial charge in [0.1, 0.15) is 0 Å².